The second-order valence-corrected chi connectivity index (χ2v) is 8.88. The van der Waals surface area contributed by atoms with E-state index in [0.29, 0.717) is 15.8 Å². The summed E-state index contributed by atoms with van der Waals surface area (Å²) in [5.41, 5.74) is 1.06. The maximum Gasteiger partial charge on any atom is 0.244 e. The molecule has 0 aliphatic carbocycles. The highest BCUT2D eigenvalue weighted by atomic mass is 35.5. The molecule has 2 rings (SSSR count). The lowest BCUT2D eigenvalue weighted by Crippen LogP contribution is -2.49. The van der Waals surface area contributed by atoms with Gasteiger partial charge < -0.3 is 10.1 Å². The maximum absolute atomic E-state index is 12.8. The Hall–Kier alpha value is -1.96. The third kappa shape index (κ3) is 5.53. The number of ether oxygens (including phenoxy) is 1. The number of benzene rings is 2. The summed E-state index contributed by atoms with van der Waals surface area (Å²) < 4.78 is 31.5. The largest absolute Gasteiger partial charge is 0.495 e. The first-order valence-corrected chi connectivity index (χ1v) is 11.1. The number of sulfonamides is 1. The molecule has 0 spiro atoms. The van der Waals surface area contributed by atoms with Crippen LogP contribution in [0.15, 0.2) is 42.5 Å². The molecule has 0 bridgehead atoms. The lowest BCUT2D eigenvalue weighted by atomic mass is 10.1. The molecule has 0 fully saturated rings. The van der Waals surface area contributed by atoms with Crippen molar-refractivity contribution in [3.63, 3.8) is 0 Å². The third-order valence-electron chi connectivity index (χ3n) is 4.09. The van der Waals surface area contributed by atoms with Crippen LogP contribution in [0.5, 0.6) is 5.75 Å². The van der Waals surface area contributed by atoms with Crippen molar-refractivity contribution in [3.05, 3.63) is 58.1 Å². The number of nitrogens with one attached hydrogen (secondary N) is 1. The predicted molar refractivity (Wildman–Crippen MR) is 113 cm³/mol. The summed E-state index contributed by atoms with van der Waals surface area (Å²) in [5.74, 6) is -0.122. The Bertz CT molecular complexity index is 933. The molecule has 0 aliphatic rings. The van der Waals surface area contributed by atoms with Gasteiger partial charge in [0.05, 0.1) is 19.1 Å². The van der Waals surface area contributed by atoms with Crippen molar-refractivity contribution in [3.8, 4) is 5.75 Å². The van der Waals surface area contributed by atoms with Crippen LogP contribution in [-0.2, 0) is 21.4 Å². The Balaban J connectivity index is 2.34. The van der Waals surface area contributed by atoms with Crippen LogP contribution in [0.4, 0.5) is 5.69 Å². The van der Waals surface area contributed by atoms with Crippen LogP contribution >= 0.6 is 23.2 Å². The van der Waals surface area contributed by atoms with Crippen molar-refractivity contribution < 1.29 is 17.9 Å². The smallest absolute Gasteiger partial charge is 0.244 e. The number of hydrogen-bond acceptors (Lipinski definition) is 4. The summed E-state index contributed by atoms with van der Waals surface area (Å²) in [5, 5.41) is 3.71. The summed E-state index contributed by atoms with van der Waals surface area (Å²) in [4.78, 5) is 12.8. The molecule has 152 valence electrons. The number of rotatable bonds is 8. The molecule has 2 aromatic rings. The maximum atomic E-state index is 12.8. The van der Waals surface area contributed by atoms with Gasteiger partial charge in [-0.1, -0.05) is 42.3 Å². The van der Waals surface area contributed by atoms with Crippen LogP contribution in [0.3, 0.4) is 0 Å². The van der Waals surface area contributed by atoms with Crippen molar-refractivity contribution >= 4 is 44.8 Å². The van der Waals surface area contributed by atoms with Gasteiger partial charge in [0.2, 0.25) is 15.9 Å². The molecular weight excluding hydrogens is 423 g/mol. The summed E-state index contributed by atoms with van der Waals surface area (Å²) in [7, 11) is -2.37. The quantitative estimate of drug-likeness (QED) is 0.670. The van der Waals surface area contributed by atoms with Crippen LogP contribution in [0.25, 0.3) is 0 Å². The van der Waals surface area contributed by atoms with Crippen molar-refractivity contribution in [2.75, 3.05) is 17.7 Å². The fraction of sp³-hybridized carbons (Fsp3) is 0.316. The monoisotopic (exact) mass is 444 g/mol. The van der Waals surface area contributed by atoms with E-state index in [1.165, 1.54) is 13.2 Å². The minimum atomic E-state index is -3.80. The summed E-state index contributed by atoms with van der Waals surface area (Å²) in [6.45, 7) is 1.98. The van der Waals surface area contributed by atoms with Gasteiger partial charge in [-0.3, -0.25) is 9.10 Å². The van der Waals surface area contributed by atoms with Crippen LogP contribution < -0.4 is 14.4 Å². The number of carbonyl (C=O) groups excluding carboxylic acids is 1. The van der Waals surface area contributed by atoms with Crippen molar-refractivity contribution in [2.24, 2.45) is 0 Å². The molecule has 0 aliphatic heterocycles. The number of amides is 1. The lowest BCUT2D eigenvalue weighted by molar-refractivity contribution is -0.122. The zero-order valence-corrected chi connectivity index (χ0v) is 18.1. The van der Waals surface area contributed by atoms with E-state index in [-0.39, 0.29) is 18.7 Å². The van der Waals surface area contributed by atoms with E-state index in [2.05, 4.69) is 5.32 Å². The molecule has 1 N–H and O–H groups in total. The van der Waals surface area contributed by atoms with E-state index < -0.39 is 22.0 Å². The molecule has 6 nitrogen and oxygen atoms in total. The SMILES string of the molecule is CC[C@@H](C(=O)NCc1ccc(Cl)cc1)N(c1cc(Cl)ccc1OC)S(C)(=O)=O. The number of methoxy groups -OCH3 is 1. The zero-order valence-electron chi connectivity index (χ0n) is 15.8. The van der Waals surface area contributed by atoms with Gasteiger partial charge in [-0.2, -0.15) is 0 Å². The molecule has 0 heterocycles. The molecular formula is C19H22Cl2N2O4S. The molecule has 0 aromatic heterocycles. The second kappa shape index (κ2) is 9.49. The first-order chi connectivity index (χ1) is 13.2. The first kappa shape index (κ1) is 22.3. The molecule has 1 atom stereocenters. The summed E-state index contributed by atoms with van der Waals surface area (Å²) >= 11 is 11.9. The molecule has 1 amide bonds. The number of halogens is 2. The van der Waals surface area contributed by atoms with E-state index in [1.807, 2.05) is 0 Å². The summed E-state index contributed by atoms with van der Waals surface area (Å²) in [6.07, 6.45) is 1.30. The first-order valence-electron chi connectivity index (χ1n) is 8.52. The van der Waals surface area contributed by atoms with Gasteiger partial charge in [0, 0.05) is 16.6 Å². The number of anilines is 1. The highest BCUT2D eigenvalue weighted by Gasteiger charge is 2.33. The zero-order chi connectivity index (χ0) is 20.9. The molecule has 0 radical (unpaired) electrons. The fourth-order valence-corrected chi connectivity index (χ4v) is 4.28. The van der Waals surface area contributed by atoms with Gasteiger partial charge >= 0.3 is 0 Å². The lowest BCUT2D eigenvalue weighted by Gasteiger charge is -2.31. The average Bonchev–Trinajstić information content (AvgIpc) is 2.64. The van der Waals surface area contributed by atoms with Gasteiger partial charge in [0.1, 0.15) is 11.8 Å². The average molecular weight is 445 g/mol. The van der Waals surface area contributed by atoms with E-state index in [1.54, 1.807) is 43.3 Å². The normalized spacial score (nSPS) is 12.3. The number of hydrogen-bond donors (Lipinski definition) is 1. The Labute approximate surface area is 175 Å². The number of carbonyl (C=O) groups is 1. The topological polar surface area (TPSA) is 75.7 Å². The molecule has 2 aromatic carbocycles. The Morgan fingerprint density at radius 3 is 2.29 bits per heavy atom. The molecule has 0 saturated heterocycles. The summed E-state index contributed by atoms with van der Waals surface area (Å²) in [6, 6.07) is 10.7. The van der Waals surface area contributed by atoms with Crippen molar-refractivity contribution in [1.29, 1.82) is 0 Å². The highest BCUT2D eigenvalue weighted by Crippen LogP contribution is 2.34. The Morgan fingerprint density at radius 2 is 1.75 bits per heavy atom. The van der Waals surface area contributed by atoms with Crippen molar-refractivity contribution in [1.82, 2.24) is 5.32 Å². The molecule has 9 heteroatoms. The van der Waals surface area contributed by atoms with E-state index in [4.69, 9.17) is 27.9 Å². The van der Waals surface area contributed by atoms with Gasteiger partial charge in [-0.05, 0) is 42.3 Å². The highest BCUT2D eigenvalue weighted by molar-refractivity contribution is 7.92. The van der Waals surface area contributed by atoms with E-state index in [0.717, 1.165) is 16.1 Å². The molecule has 0 saturated carbocycles. The van der Waals surface area contributed by atoms with Crippen LogP contribution in [0, 0.1) is 0 Å². The fourth-order valence-electron chi connectivity index (χ4n) is 2.78. The van der Waals surface area contributed by atoms with E-state index in [9.17, 15) is 13.2 Å². The Morgan fingerprint density at radius 1 is 1.14 bits per heavy atom. The van der Waals surface area contributed by atoms with Crippen molar-refractivity contribution in [2.45, 2.75) is 25.9 Å². The predicted octanol–water partition coefficient (Wildman–Crippen LogP) is 3.86. The Kier molecular flexibility index (Phi) is 7.57. The van der Waals surface area contributed by atoms with Crippen LogP contribution in [0.1, 0.15) is 18.9 Å². The van der Waals surface area contributed by atoms with Gasteiger partial charge in [0.15, 0.2) is 0 Å². The van der Waals surface area contributed by atoms with Crippen LogP contribution in [-0.4, -0.2) is 33.7 Å². The third-order valence-corrected chi connectivity index (χ3v) is 5.74. The standard InChI is InChI=1S/C19H22Cl2N2O4S/c1-4-16(19(24)22-12-13-5-7-14(20)8-6-13)23(28(3,25)26)17-11-15(21)9-10-18(17)27-2/h5-11,16H,4,12H2,1-3H3,(H,22,24)/t16-/m0/s1. The molecule has 28 heavy (non-hydrogen) atoms. The van der Waals surface area contributed by atoms with Gasteiger partial charge in [0.25, 0.3) is 0 Å². The van der Waals surface area contributed by atoms with Gasteiger partial charge in [-0.25, -0.2) is 8.42 Å². The number of nitrogens with zero attached hydrogens (tertiary/aromatic N) is 1. The van der Waals surface area contributed by atoms with E-state index >= 15 is 0 Å². The second-order valence-electron chi connectivity index (χ2n) is 6.14. The molecule has 0 unspecified atom stereocenters. The van der Waals surface area contributed by atoms with Crippen LogP contribution in [0.2, 0.25) is 10.0 Å². The minimum absolute atomic E-state index is 0.214. The van der Waals surface area contributed by atoms with Gasteiger partial charge in [-0.15, -0.1) is 0 Å². The minimum Gasteiger partial charge on any atom is -0.495 e.